The molecule has 3 rings (SSSR count). The van der Waals surface area contributed by atoms with Gasteiger partial charge >= 0.3 is 0 Å². The topological polar surface area (TPSA) is 59.5 Å². The van der Waals surface area contributed by atoms with Crippen molar-refractivity contribution in [1.82, 2.24) is 9.88 Å². The number of Topliss-reactive ketones (excluding diaryl/α,β-unsaturated/α-hetero) is 1. The van der Waals surface area contributed by atoms with Crippen molar-refractivity contribution >= 4 is 34.6 Å². The highest BCUT2D eigenvalue weighted by atomic mass is 35.5. The summed E-state index contributed by atoms with van der Waals surface area (Å²) in [5, 5.41) is 2.94. The number of ether oxygens (including phenoxy) is 1. The number of likely N-dealkylation sites (N-methyl/N-ethyl adjacent to an activating group) is 1. The van der Waals surface area contributed by atoms with Crippen LogP contribution in [-0.2, 0) is 21.7 Å². The van der Waals surface area contributed by atoms with Gasteiger partial charge in [-0.1, -0.05) is 29.8 Å². The van der Waals surface area contributed by atoms with E-state index >= 15 is 0 Å². The molecule has 0 bridgehead atoms. The Morgan fingerprint density at radius 3 is 2.85 bits per heavy atom. The molecule has 26 heavy (non-hydrogen) atoms. The standard InChI is InChI=1S/C19H21ClN2O3S/c1-22(18(24)15-12-26-17(21-15)11-25-2)19(10-6-5-9-16(19)23)13-7-3-4-8-14(13)20/h3-4,7-8,12H,5-6,9-11H2,1-2H3/t19-/m0/s1. The van der Waals surface area contributed by atoms with Crippen LogP contribution in [0.4, 0.5) is 0 Å². The van der Waals surface area contributed by atoms with E-state index < -0.39 is 5.54 Å². The molecule has 0 spiro atoms. The summed E-state index contributed by atoms with van der Waals surface area (Å²) < 4.78 is 5.07. The van der Waals surface area contributed by atoms with E-state index in [1.54, 1.807) is 25.6 Å². The number of benzene rings is 1. The lowest BCUT2D eigenvalue weighted by molar-refractivity contribution is -0.132. The molecule has 1 fully saturated rings. The molecule has 0 saturated heterocycles. The number of ketones is 1. The first-order chi connectivity index (χ1) is 12.5. The number of carbonyl (C=O) groups is 2. The zero-order valence-corrected chi connectivity index (χ0v) is 16.4. The maximum Gasteiger partial charge on any atom is 0.274 e. The van der Waals surface area contributed by atoms with Gasteiger partial charge in [0.1, 0.15) is 16.2 Å². The number of hydrogen-bond acceptors (Lipinski definition) is 5. The first kappa shape index (κ1) is 19.0. The van der Waals surface area contributed by atoms with E-state index in [4.69, 9.17) is 16.3 Å². The second-order valence-corrected chi connectivity index (χ2v) is 7.74. The highest BCUT2D eigenvalue weighted by Gasteiger charge is 2.48. The molecular formula is C19H21ClN2O3S. The number of amides is 1. The molecule has 0 aliphatic heterocycles. The number of methoxy groups -OCH3 is 1. The van der Waals surface area contributed by atoms with Crippen LogP contribution in [0.15, 0.2) is 29.6 Å². The summed E-state index contributed by atoms with van der Waals surface area (Å²) in [6, 6.07) is 7.28. The van der Waals surface area contributed by atoms with Crippen molar-refractivity contribution in [2.45, 2.75) is 37.8 Å². The Bertz CT molecular complexity index is 823. The Morgan fingerprint density at radius 2 is 2.15 bits per heavy atom. The highest BCUT2D eigenvalue weighted by molar-refractivity contribution is 7.09. The molecule has 1 saturated carbocycles. The monoisotopic (exact) mass is 392 g/mol. The fourth-order valence-electron chi connectivity index (χ4n) is 3.57. The van der Waals surface area contributed by atoms with Gasteiger partial charge in [-0.3, -0.25) is 9.59 Å². The Kier molecular flexibility index (Phi) is 5.75. The van der Waals surface area contributed by atoms with Crippen LogP contribution in [0, 0.1) is 0 Å². The Hall–Kier alpha value is -1.76. The van der Waals surface area contributed by atoms with E-state index in [1.165, 1.54) is 16.2 Å². The van der Waals surface area contributed by atoms with E-state index in [0.29, 0.717) is 35.7 Å². The average molecular weight is 393 g/mol. The van der Waals surface area contributed by atoms with Gasteiger partial charge in [-0.25, -0.2) is 4.98 Å². The van der Waals surface area contributed by atoms with Crippen molar-refractivity contribution < 1.29 is 14.3 Å². The molecular weight excluding hydrogens is 372 g/mol. The van der Waals surface area contributed by atoms with Crippen molar-refractivity contribution in [1.29, 1.82) is 0 Å². The molecule has 7 heteroatoms. The summed E-state index contributed by atoms with van der Waals surface area (Å²) in [7, 11) is 3.26. The minimum atomic E-state index is -1.04. The first-order valence-electron chi connectivity index (χ1n) is 8.50. The summed E-state index contributed by atoms with van der Waals surface area (Å²) in [6.45, 7) is 0.357. The minimum absolute atomic E-state index is 0.0278. The third kappa shape index (κ3) is 3.29. The normalized spacial score (nSPS) is 20.2. The fourth-order valence-corrected chi connectivity index (χ4v) is 4.60. The van der Waals surface area contributed by atoms with E-state index in [1.807, 2.05) is 18.2 Å². The van der Waals surface area contributed by atoms with E-state index in [9.17, 15) is 9.59 Å². The number of hydrogen-bond donors (Lipinski definition) is 0. The second kappa shape index (κ2) is 7.86. The van der Waals surface area contributed by atoms with Gasteiger partial charge < -0.3 is 9.64 Å². The highest BCUT2D eigenvalue weighted by Crippen LogP contribution is 2.42. The lowest BCUT2D eigenvalue weighted by atomic mass is 9.74. The summed E-state index contributed by atoms with van der Waals surface area (Å²) >= 11 is 7.80. The molecule has 1 amide bonds. The smallest absolute Gasteiger partial charge is 0.274 e. The summed E-state index contributed by atoms with van der Waals surface area (Å²) in [5.74, 6) is -0.251. The predicted molar refractivity (Wildman–Crippen MR) is 102 cm³/mol. The van der Waals surface area contributed by atoms with Gasteiger partial charge in [0.15, 0.2) is 5.78 Å². The zero-order valence-electron chi connectivity index (χ0n) is 14.8. The zero-order chi connectivity index (χ0) is 18.7. The van der Waals surface area contributed by atoms with Crippen LogP contribution >= 0.6 is 22.9 Å². The first-order valence-corrected chi connectivity index (χ1v) is 9.76. The molecule has 0 radical (unpaired) electrons. The van der Waals surface area contributed by atoms with Crippen LogP contribution in [0.25, 0.3) is 0 Å². The summed E-state index contributed by atoms with van der Waals surface area (Å²) in [4.78, 5) is 32.1. The summed E-state index contributed by atoms with van der Waals surface area (Å²) in [6.07, 6.45) is 2.70. The van der Waals surface area contributed by atoms with Crippen LogP contribution in [0.2, 0.25) is 5.02 Å². The van der Waals surface area contributed by atoms with Crippen LogP contribution in [-0.4, -0.2) is 35.7 Å². The Morgan fingerprint density at radius 1 is 1.38 bits per heavy atom. The molecule has 1 aromatic carbocycles. The molecule has 1 aromatic heterocycles. The van der Waals surface area contributed by atoms with Gasteiger partial charge in [0.05, 0.1) is 6.61 Å². The van der Waals surface area contributed by atoms with Crippen LogP contribution in [0.3, 0.4) is 0 Å². The van der Waals surface area contributed by atoms with Crippen LogP contribution in [0.5, 0.6) is 0 Å². The number of halogens is 1. The quantitative estimate of drug-likeness (QED) is 0.770. The molecule has 1 aliphatic carbocycles. The van der Waals surface area contributed by atoms with Gasteiger partial charge in [0.25, 0.3) is 5.91 Å². The maximum atomic E-state index is 13.1. The van der Waals surface area contributed by atoms with Crippen LogP contribution < -0.4 is 0 Å². The molecule has 1 aliphatic rings. The van der Waals surface area contributed by atoms with E-state index in [0.717, 1.165) is 17.8 Å². The lowest BCUT2D eigenvalue weighted by Gasteiger charge is -2.43. The number of nitrogens with zero attached hydrogens (tertiary/aromatic N) is 2. The minimum Gasteiger partial charge on any atom is -0.378 e. The van der Waals surface area contributed by atoms with Gasteiger partial charge in [-0.2, -0.15) is 0 Å². The third-order valence-electron chi connectivity index (χ3n) is 4.89. The predicted octanol–water partition coefficient (Wildman–Crippen LogP) is 4.05. The molecule has 138 valence electrons. The second-order valence-electron chi connectivity index (χ2n) is 6.39. The van der Waals surface area contributed by atoms with Crippen LogP contribution in [0.1, 0.15) is 46.7 Å². The van der Waals surface area contributed by atoms with Crippen molar-refractivity contribution in [3.8, 4) is 0 Å². The number of aromatic nitrogens is 1. The van der Waals surface area contributed by atoms with Crippen molar-refractivity contribution in [2.75, 3.05) is 14.2 Å². The van der Waals surface area contributed by atoms with Gasteiger partial charge in [0, 0.05) is 36.5 Å². The van der Waals surface area contributed by atoms with Crippen molar-refractivity contribution in [3.05, 3.63) is 50.9 Å². The summed E-state index contributed by atoms with van der Waals surface area (Å²) in [5.41, 5.74) is -0.0254. The third-order valence-corrected chi connectivity index (χ3v) is 6.04. The molecule has 1 heterocycles. The van der Waals surface area contributed by atoms with Gasteiger partial charge in [-0.05, 0) is 25.3 Å². The Balaban J connectivity index is 2.02. The molecule has 5 nitrogen and oxygen atoms in total. The largest absolute Gasteiger partial charge is 0.378 e. The van der Waals surface area contributed by atoms with Gasteiger partial charge in [0.2, 0.25) is 0 Å². The maximum absolute atomic E-state index is 13.1. The SMILES string of the molecule is COCc1nc(C(=O)N(C)[C@]2(c3ccccc3Cl)CCCCC2=O)cs1. The number of thiazole rings is 1. The molecule has 0 unspecified atom stereocenters. The number of carbonyl (C=O) groups excluding carboxylic acids is 2. The lowest BCUT2D eigenvalue weighted by Crippen LogP contribution is -2.54. The van der Waals surface area contributed by atoms with Gasteiger partial charge in [-0.15, -0.1) is 11.3 Å². The fraction of sp³-hybridized carbons (Fsp3) is 0.421. The van der Waals surface area contributed by atoms with Crippen molar-refractivity contribution in [3.63, 3.8) is 0 Å². The molecule has 0 N–H and O–H groups in total. The number of rotatable bonds is 5. The molecule has 1 atom stereocenters. The van der Waals surface area contributed by atoms with E-state index in [-0.39, 0.29) is 11.7 Å². The van der Waals surface area contributed by atoms with Crippen molar-refractivity contribution in [2.24, 2.45) is 0 Å². The molecule has 2 aromatic rings. The average Bonchev–Trinajstić information content (AvgIpc) is 3.11. The Labute approximate surface area is 161 Å². The van der Waals surface area contributed by atoms with E-state index in [2.05, 4.69) is 4.98 Å².